The van der Waals surface area contributed by atoms with Crippen LogP contribution < -0.4 is 5.32 Å². The number of nitro benzene ring substituents is 1. The van der Waals surface area contributed by atoms with Gasteiger partial charge in [0.2, 0.25) is 0 Å². The molecule has 0 amide bonds. The van der Waals surface area contributed by atoms with Crippen molar-refractivity contribution in [1.82, 2.24) is 0 Å². The Morgan fingerprint density at radius 3 is 2.70 bits per heavy atom. The Balaban J connectivity index is 2.45. The molecular formula is C14H21BrN2O3. The first-order valence-electron chi connectivity index (χ1n) is 6.68. The van der Waals surface area contributed by atoms with Gasteiger partial charge in [-0.15, -0.1) is 0 Å². The second kappa shape index (κ2) is 8.21. The number of ether oxygens (including phenoxy) is 1. The SMILES string of the molecule is Cc1cc(NCCOCCC(C)C)c(Br)cc1[N+](=O)[O-]. The van der Waals surface area contributed by atoms with Crippen molar-refractivity contribution in [2.24, 2.45) is 5.92 Å². The van der Waals surface area contributed by atoms with Crippen molar-refractivity contribution in [3.63, 3.8) is 0 Å². The number of aryl methyl sites for hydroxylation is 1. The normalized spacial score (nSPS) is 10.8. The molecule has 0 aliphatic heterocycles. The lowest BCUT2D eigenvalue weighted by Gasteiger charge is -2.11. The van der Waals surface area contributed by atoms with Gasteiger partial charge in [0.1, 0.15) is 0 Å². The summed E-state index contributed by atoms with van der Waals surface area (Å²) in [5.41, 5.74) is 1.61. The first kappa shape index (κ1) is 16.9. The zero-order valence-corrected chi connectivity index (χ0v) is 13.7. The van der Waals surface area contributed by atoms with Crippen LogP contribution in [-0.2, 0) is 4.74 Å². The van der Waals surface area contributed by atoms with E-state index >= 15 is 0 Å². The Hall–Kier alpha value is -1.14. The van der Waals surface area contributed by atoms with E-state index in [2.05, 4.69) is 35.1 Å². The van der Waals surface area contributed by atoms with Gasteiger partial charge in [0.05, 0.1) is 11.5 Å². The minimum Gasteiger partial charge on any atom is -0.382 e. The molecule has 6 heteroatoms. The maximum Gasteiger partial charge on any atom is 0.273 e. The van der Waals surface area contributed by atoms with Gasteiger partial charge in [0.15, 0.2) is 0 Å². The van der Waals surface area contributed by atoms with E-state index in [-0.39, 0.29) is 10.6 Å². The van der Waals surface area contributed by atoms with Crippen LogP contribution in [0.3, 0.4) is 0 Å². The van der Waals surface area contributed by atoms with Gasteiger partial charge in [-0.3, -0.25) is 10.1 Å². The summed E-state index contributed by atoms with van der Waals surface area (Å²) < 4.78 is 6.20. The third-order valence-electron chi connectivity index (χ3n) is 2.88. The van der Waals surface area contributed by atoms with E-state index in [9.17, 15) is 10.1 Å². The summed E-state index contributed by atoms with van der Waals surface area (Å²) in [5, 5.41) is 14.0. The molecular weight excluding hydrogens is 324 g/mol. The molecule has 0 bridgehead atoms. The molecule has 112 valence electrons. The first-order valence-corrected chi connectivity index (χ1v) is 7.47. The van der Waals surface area contributed by atoms with E-state index in [0.717, 1.165) is 18.7 Å². The van der Waals surface area contributed by atoms with E-state index in [1.165, 1.54) is 6.07 Å². The highest BCUT2D eigenvalue weighted by Gasteiger charge is 2.13. The third-order valence-corrected chi connectivity index (χ3v) is 3.54. The molecule has 1 rings (SSSR count). The number of halogens is 1. The molecule has 0 unspecified atom stereocenters. The van der Waals surface area contributed by atoms with Crippen LogP contribution in [0.2, 0.25) is 0 Å². The Kier molecular flexibility index (Phi) is 6.95. The van der Waals surface area contributed by atoms with E-state index in [1.54, 1.807) is 13.0 Å². The highest BCUT2D eigenvalue weighted by molar-refractivity contribution is 9.10. The zero-order chi connectivity index (χ0) is 15.1. The van der Waals surface area contributed by atoms with Gasteiger partial charge in [0, 0.05) is 34.9 Å². The molecule has 0 spiro atoms. The van der Waals surface area contributed by atoms with Crippen LogP contribution in [-0.4, -0.2) is 24.7 Å². The fourth-order valence-corrected chi connectivity index (χ4v) is 2.15. The molecule has 0 aliphatic rings. The molecule has 1 aromatic carbocycles. The predicted octanol–water partition coefficient (Wildman–Crippen LogP) is 4.14. The topological polar surface area (TPSA) is 64.4 Å². The van der Waals surface area contributed by atoms with E-state index < -0.39 is 0 Å². The average Bonchev–Trinajstić information content (AvgIpc) is 2.36. The molecule has 0 aromatic heterocycles. The van der Waals surface area contributed by atoms with Crippen molar-refractivity contribution in [3.8, 4) is 0 Å². The standard InChI is InChI=1S/C14H21BrN2O3/c1-10(2)4-6-20-7-5-16-13-8-11(3)14(17(18)19)9-12(13)15/h8-10,16H,4-7H2,1-3H3. The quantitative estimate of drug-likeness (QED) is 0.437. The maximum atomic E-state index is 10.8. The summed E-state index contributed by atoms with van der Waals surface area (Å²) in [6, 6.07) is 3.30. The van der Waals surface area contributed by atoms with E-state index in [1.807, 2.05) is 0 Å². The van der Waals surface area contributed by atoms with Gasteiger partial charge in [-0.25, -0.2) is 0 Å². The molecule has 0 fully saturated rings. The predicted molar refractivity (Wildman–Crippen MR) is 84.3 cm³/mol. The fourth-order valence-electron chi connectivity index (χ4n) is 1.68. The minimum atomic E-state index is -0.376. The molecule has 0 saturated carbocycles. The number of hydrogen-bond donors (Lipinski definition) is 1. The van der Waals surface area contributed by atoms with Crippen LogP contribution in [0, 0.1) is 23.0 Å². The average molecular weight is 345 g/mol. The van der Waals surface area contributed by atoms with Gasteiger partial charge in [-0.1, -0.05) is 13.8 Å². The number of nitrogens with zero attached hydrogens (tertiary/aromatic N) is 1. The number of hydrogen-bond acceptors (Lipinski definition) is 4. The molecule has 1 aromatic rings. The Morgan fingerprint density at radius 2 is 2.10 bits per heavy atom. The molecule has 5 nitrogen and oxygen atoms in total. The van der Waals surface area contributed by atoms with Crippen molar-refractivity contribution in [1.29, 1.82) is 0 Å². The number of anilines is 1. The molecule has 1 N–H and O–H groups in total. The van der Waals surface area contributed by atoms with Gasteiger partial charge < -0.3 is 10.1 Å². The molecule has 0 saturated heterocycles. The lowest BCUT2D eigenvalue weighted by molar-refractivity contribution is -0.385. The van der Waals surface area contributed by atoms with Crippen molar-refractivity contribution in [3.05, 3.63) is 32.3 Å². The number of benzene rings is 1. The van der Waals surface area contributed by atoms with Gasteiger partial charge in [0.25, 0.3) is 5.69 Å². The van der Waals surface area contributed by atoms with Crippen molar-refractivity contribution < 1.29 is 9.66 Å². The lowest BCUT2D eigenvalue weighted by Crippen LogP contribution is -2.11. The second-order valence-electron chi connectivity index (χ2n) is 5.10. The summed E-state index contributed by atoms with van der Waals surface area (Å²) in [5.74, 6) is 0.648. The Labute approximate surface area is 128 Å². The highest BCUT2D eigenvalue weighted by Crippen LogP contribution is 2.30. The Bertz CT molecular complexity index is 464. The fraction of sp³-hybridized carbons (Fsp3) is 0.571. The summed E-state index contributed by atoms with van der Waals surface area (Å²) >= 11 is 3.34. The zero-order valence-electron chi connectivity index (χ0n) is 12.1. The molecule has 0 atom stereocenters. The van der Waals surface area contributed by atoms with Crippen molar-refractivity contribution in [2.75, 3.05) is 25.1 Å². The second-order valence-corrected chi connectivity index (χ2v) is 5.95. The number of nitro groups is 1. The number of nitrogens with one attached hydrogen (secondary N) is 1. The van der Waals surface area contributed by atoms with Gasteiger partial charge in [-0.2, -0.15) is 0 Å². The molecule has 20 heavy (non-hydrogen) atoms. The summed E-state index contributed by atoms with van der Waals surface area (Å²) in [7, 11) is 0. The highest BCUT2D eigenvalue weighted by atomic mass is 79.9. The van der Waals surface area contributed by atoms with Crippen molar-refractivity contribution in [2.45, 2.75) is 27.2 Å². The van der Waals surface area contributed by atoms with E-state index in [0.29, 0.717) is 29.1 Å². The lowest BCUT2D eigenvalue weighted by atomic mass is 10.1. The molecule has 0 radical (unpaired) electrons. The largest absolute Gasteiger partial charge is 0.382 e. The van der Waals surface area contributed by atoms with Crippen LogP contribution in [0.25, 0.3) is 0 Å². The van der Waals surface area contributed by atoms with E-state index in [4.69, 9.17) is 4.74 Å². The van der Waals surface area contributed by atoms with Gasteiger partial charge in [-0.05, 0) is 41.3 Å². The van der Waals surface area contributed by atoms with Gasteiger partial charge >= 0.3 is 0 Å². The molecule has 0 heterocycles. The first-order chi connectivity index (χ1) is 9.41. The van der Waals surface area contributed by atoms with Crippen LogP contribution in [0.1, 0.15) is 25.8 Å². The van der Waals surface area contributed by atoms with Crippen LogP contribution in [0.4, 0.5) is 11.4 Å². The van der Waals surface area contributed by atoms with Crippen LogP contribution in [0.15, 0.2) is 16.6 Å². The smallest absolute Gasteiger partial charge is 0.273 e. The number of rotatable bonds is 8. The Morgan fingerprint density at radius 1 is 1.40 bits per heavy atom. The summed E-state index contributed by atoms with van der Waals surface area (Å²) in [6.45, 7) is 8.12. The monoisotopic (exact) mass is 344 g/mol. The molecule has 0 aliphatic carbocycles. The summed E-state index contributed by atoms with van der Waals surface area (Å²) in [6.07, 6.45) is 1.06. The summed E-state index contributed by atoms with van der Waals surface area (Å²) in [4.78, 5) is 10.4. The maximum absolute atomic E-state index is 10.8. The minimum absolute atomic E-state index is 0.121. The van der Waals surface area contributed by atoms with Crippen LogP contribution >= 0.6 is 15.9 Å². The van der Waals surface area contributed by atoms with Crippen LogP contribution in [0.5, 0.6) is 0 Å². The van der Waals surface area contributed by atoms with Crippen molar-refractivity contribution >= 4 is 27.3 Å². The third kappa shape index (κ3) is 5.46.